The Balaban J connectivity index is 1.98. The van der Waals surface area contributed by atoms with Crippen LogP contribution < -0.4 is 5.32 Å². The van der Waals surface area contributed by atoms with E-state index < -0.39 is 0 Å². The Morgan fingerprint density at radius 1 is 1.31 bits per heavy atom. The van der Waals surface area contributed by atoms with Gasteiger partial charge in [0.25, 0.3) is 0 Å². The van der Waals surface area contributed by atoms with Gasteiger partial charge in [-0.2, -0.15) is 0 Å². The van der Waals surface area contributed by atoms with Crippen LogP contribution in [0.25, 0.3) is 5.57 Å². The van der Waals surface area contributed by atoms with Crippen LogP contribution in [-0.2, 0) is 6.42 Å². The van der Waals surface area contributed by atoms with Crippen molar-refractivity contribution in [1.29, 1.82) is 0 Å². The molecule has 0 saturated carbocycles. The summed E-state index contributed by atoms with van der Waals surface area (Å²) >= 11 is 0. The van der Waals surface area contributed by atoms with Crippen molar-refractivity contribution >= 4 is 11.3 Å². The van der Waals surface area contributed by atoms with Gasteiger partial charge in [0.15, 0.2) is 0 Å². The smallest absolute Gasteiger partial charge is 0.0373 e. The molecule has 1 atom stereocenters. The number of rotatable bonds is 1. The summed E-state index contributed by atoms with van der Waals surface area (Å²) in [5.41, 5.74) is 5.53. The van der Waals surface area contributed by atoms with E-state index in [1.807, 2.05) is 0 Å². The molecule has 16 heavy (non-hydrogen) atoms. The van der Waals surface area contributed by atoms with Crippen molar-refractivity contribution in [3.8, 4) is 0 Å². The second-order valence-electron chi connectivity index (χ2n) is 4.79. The van der Waals surface area contributed by atoms with Crippen molar-refractivity contribution in [2.75, 3.05) is 11.9 Å². The molecule has 1 heteroatoms. The molecule has 3 rings (SSSR count). The summed E-state index contributed by atoms with van der Waals surface area (Å²) in [6.07, 6.45) is 9.26. The summed E-state index contributed by atoms with van der Waals surface area (Å²) in [6.45, 7) is 3.36. The van der Waals surface area contributed by atoms with E-state index in [9.17, 15) is 0 Å². The van der Waals surface area contributed by atoms with E-state index in [2.05, 4.69) is 48.7 Å². The lowest BCUT2D eigenvalue weighted by Gasteiger charge is -2.13. The molecule has 1 aromatic carbocycles. The van der Waals surface area contributed by atoms with E-state index in [1.165, 1.54) is 28.8 Å². The van der Waals surface area contributed by atoms with E-state index in [-0.39, 0.29) is 0 Å². The highest BCUT2D eigenvalue weighted by Gasteiger charge is 2.12. The minimum atomic E-state index is 0.673. The quantitative estimate of drug-likeness (QED) is 0.748. The number of allylic oxidation sites excluding steroid dienone is 4. The molecule has 1 unspecified atom stereocenters. The molecule has 82 valence electrons. The van der Waals surface area contributed by atoms with Gasteiger partial charge in [-0.3, -0.25) is 0 Å². The molecule has 1 nitrogen and oxygen atoms in total. The Bertz CT molecular complexity index is 468. The summed E-state index contributed by atoms with van der Waals surface area (Å²) in [4.78, 5) is 0. The lowest BCUT2D eigenvalue weighted by atomic mass is 9.92. The molecule has 1 aliphatic carbocycles. The summed E-state index contributed by atoms with van der Waals surface area (Å²) in [6, 6.07) is 6.78. The first kappa shape index (κ1) is 9.71. The third-order valence-electron chi connectivity index (χ3n) is 3.42. The number of anilines is 1. The zero-order valence-electron chi connectivity index (χ0n) is 9.66. The fourth-order valence-electron chi connectivity index (χ4n) is 2.52. The maximum atomic E-state index is 3.40. The predicted octanol–water partition coefficient (Wildman–Crippen LogP) is 3.63. The van der Waals surface area contributed by atoms with Gasteiger partial charge in [-0.1, -0.05) is 31.2 Å². The van der Waals surface area contributed by atoms with E-state index >= 15 is 0 Å². The molecule has 0 bridgehead atoms. The van der Waals surface area contributed by atoms with Crippen LogP contribution in [-0.4, -0.2) is 6.54 Å². The summed E-state index contributed by atoms with van der Waals surface area (Å²) in [5, 5.41) is 3.40. The molecule has 0 fully saturated rings. The van der Waals surface area contributed by atoms with Gasteiger partial charge in [-0.25, -0.2) is 0 Å². The Hall–Kier alpha value is -1.50. The van der Waals surface area contributed by atoms with Gasteiger partial charge in [-0.05, 0) is 47.6 Å². The average molecular weight is 211 g/mol. The van der Waals surface area contributed by atoms with E-state index in [1.54, 1.807) is 0 Å². The number of hydrogen-bond donors (Lipinski definition) is 1. The molecule has 0 radical (unpaired) electrons. The van der Waals surface area contributed by atoms with Crippen LogP contribution in [0.5, 0.6) is 0 Å². The van der Waals surface area contributed by atoms with Crippen LogP contribution in [0.3, 0.4) is 0 Å². The van der Waals surface area contributed by atoms with Crippen molar-refractivity contribution in [3.63, 3.8) is 0 Å². The monoisotopic (exact) mass is 211 g/mol. The van der Waals surface area contributed by atoms with Crippen LogP contribution in [0.1, 0.15) is 24.5 Å². The highest BCUT2D eigenvalue weighted by molar-refractivity contribution is 5.77. The SMILES string of the molecule is CC1C=C(c2ccc3c(c2)CCN3)C=CC1. The molecule has 1 aliphatic heterocycles. The Kier molecular flexibility index (Phi) is 2.32. The highest BCUT2D eigenvalue weighted by atomic mass is 14.9. The van der Waals surface area contributed by atoms with Crippen molar-refractivity contribution in [1.82, 2.24) is 0 Å². The van der Waals surface area contributed by atoms with Gasteiger partial charge >= 0.3 is 0 Å². The van der Waals surface area contributed by atoms with Gasteiger partial charge in [-0.15, -0.1) is 0 Å². The molecule has 1 N–H and O–H groups in total. The van der Waals surface area contributed by atoms with Crippen LogP contribution in [0, 0.1) is 5.92 Å². The fourth-order valence-corrected chi connectivity index (χ4v) is 2.52. The van der Waals surface area contributed by atoms with Gasteiger partial charge in [0.05, 0.1) is 0 Å². The van der Waals surface area contributed by atoms with Crippen molar-refractivity contribution in [2.45, 2.75) is 19.8 Å². The van der Waals surface area contributed by atoms with Gasteiger partial charge in [0.1, 0.15) is 0 Å². The van der Waals surface area contributed by atoms with Crippen LogP contribution >= 0.6 is 0 Å². The standard InChI is InChI=1S/C15H17N/c1-11-3-2-4-12(9-11)13-5-6-15-14(10-13)7-8-16-15/h2,4-6,9-11,16H,3,7-8H2,1H3. The van der Waals surface area contributed by atoms with Crippen LogP contribution in [0.4, 0.5) is 5.69 Å². The molecule has 0 amide bonds. The first-order valence-electron chi connectivity index (χ1n) is 6.08. The normalized spacial score (nSPS) is 22.6. The van der Waals surface area contributed by atoms with E-state index in [4.69, 9.17) is 0 Å². The summed E-state index contributed by atoms with van der Waals surface area (Å²) in [7, 11) is 0. The summed E-state index contributed by atoms with van der Waals surface area (Å²) in [5.74, 6) is 0.673. The zero-order chi connectivity index (χ0) is 11.0. The first-order valence-corrected chi connectivity index (χ1v) is 6.08. The zero-order valence-corrected chi connectivity index (χ0v) is 9.66. The maximum Gasteiger partial charge on any atom is 0.0373 e. The van der Waals surface area contributed by atoms with Crippen molar-refractivity contribution < 1.29 is 0 Å². The average Bonchev–Trinajstić information content (AvgIpc) is 2.75. The molecule has 0 saturated heterocycles. The predicted molar refractivity (Wildman–Crippen MR) is 69.5 cm³/mol. The van der Waals surface area contributed by atoms with Crippen LogP contribution in [0.15, 0.2) is 36.4 Å². The minimum absolute atomic E-state index is 0.673. The molecule has 1 aromatic rings. The number of benzene rings is 1. The Morgan fingerprint density at radius 3 is 3.12 bits per heavy atom. The number of fused-ring (bicyclic) bond motifs is 1. The van der Waals surface area contributed by atoms with Gasteiger partial charge in [0, 0.05) is 12.2 Å². The molecule has 0 aromatic heterocycles. The Morgan fingerprint density at radius 2 is 2.25 bits per heavy atom. The molecule has 0 spiro atoms. The first-order chi connectivity index (χ1) is 7.83. The third-order valence-corrected chi connectivity index (χ3v) is 3.42. The lowest BCUT2D eigenvalue weighted by molar-refractivity contribution is 0.740. The van der Waals surface area contributed by atoms with Gasteiger partial charge < -0.3 is 5.32 Å². The molecular weight excluding hydrogens is 194 g/mol. The van der Waals surface area contributed by atoms with E-state index in [0.717, 1.165) is 13.0 Å². The maximum absolute atomic E-state index is 3.40. The lowest BCUT2D eigenvalue weighted by Crippen LogP contribution is -1.95. The molecular formula is C15H17N. The molecule has 2 aliphatic rings. The largest absolute Gasteiger partial charge is 0.384 e. The number of nitrogens with one attached hydrogen (secondary N) is 1. The second kappa shape index (κ2) is 3.82. The topological polar surface area (TPSA) is 12.0 Å². The van der Waals surface area contributed by atoms with Crippen molar-refractivity contribution in [2.24, 2.45) is 5.92 Å². The van der Waals surface area contributed by atoms with E-state index in [0.29, 0.717) is 5.92 Å². The fraction of sp³-hybridized carbons (Fsp3) is 0.333. The molecule has 1 heterocycles. The third kappa shape index (κ3) is 1.67. The summed E-state index contributed by atoms with van der Waals surface area (Å²) < 4.78 is 0. The van der Waals surface area contributed by atoms with Crippen molar-refractivity contribution in [3.05, 3.63) is 47.6 Å². The number of hydrogen-bond acceptors (Lipinski definition) is 1. The second-order valence-corrected chi connectivity index (χ2v) is 4.79. The minimum Gasteiger partial charge on any atom is -0.384 e. The van der Waals surface area contributed by atoms with Crippen LogP contribution in [0.2, 0.25) is 0 Å². The van der Waals surface area contributed by atoms with Gasteiger partial charge in [0.2, 0.25) is 0 Å². The highest BCUT2D eigenvalue weighted by Crippen LogP contribution is 2.29. The Labute approximate surface area is 96.9 Å².